The third-order valence-corrected chi connectivity index (χ3v) is 3.00. The summed E-state index contributed by atoms with van der Waals surface area (Å²) in [5, 5.41) is 9.12. The van der Waals surface area contributed by atoms with E-state index in [1.165, 1.54) is 6.20 Å². The topological polar surface area (TPSA) is 75.3 Å². The van der Waals surface area contributed by atoms with E-state index >= 15 is 0 Å². The fraction of sp³-hybridized carbons (Fsp3) is 0.600. The van der Waals surface area contributed by atoms with Gasteiger partial charge in [0.2, 0.25) is 5.95 Å². The third-order valence-electron chi connectivity index (χ3n) is 3.00. The van der Waals surface area contributed by atoms with Crippen LogP contribution in [0.2, 0.25) is 0 Å². The van der Waals surface area contributed by atoms with Crippen molar-refractivity contribution in [3.05, 3.63) is 18.3 Å². The largest absolute Gasteiger partial charge is 0.394 e. The minimum absolute atomic E-state index is 0. The van der Waals surface area contributed by atoms with Crippen LogP contribution in [0.5, 0.6) is 0 Å². The summed E-state index contributed by atoms with van der Waals surface area (Å²) in [6.07, 6.45) is 3.91. The van der Waals surface area contributed by atoms with Crippen LogP contribution in [0.3, 0.4) is 0 Å². The summed E-state index contributed by atoms with van der Waals surface area (Å²) >= 11 is 0. The van der Waals surface area contributed by atoms with Gasteiger partial charge in [0.25, 0.3) is 0 Å². The van der Waals surface area contributed by atoms with Crippen LogP contribution in [0.1, 0.15) is 12.8 Å². The van der Waals surface area contributed by atoms with Gasteiger partial charge in [-0.2, -0.15) is 4.39 Å². The zero-order valence-electron chi connectivity index (χ0n) is 9.34. The summed E-state index contributed by atoms with van der Waals surface area (Å²) in [4.78, 5) is 9.51. The number of hydrogen-bond acceptors (Lipinski definition) is 5. The molecule has 0 amide bonds. The minimum Gasteiger partial charge on any atom is -0.394 e. The zero-order chi connectivity index (χ0) is 11.6. The van der Waals surface area contributed by atoms with Gasteiger partial charge < -0.3 is 15.7 Å². The van der Waals surface area contributed by atoms with Crippen LogP contribution in [0.25, 0.3) is 0 Å². The maximum atomic E-state index is 12.6. The van der Waals surface area contributed by atoms with Gasteiger partial charge in [-0.05, 0) is 12.8 Å². The molecule has 3 N–H and O–H groups in total. The molecule has 0 atom stereocenters. The molecule has 0 aliphatic carbocycles. The number of anilines is 1. The van der Waals surface area contributed by atoms with Crippen molar-refractivity contribution in [1.29, 1.82) is 0 Å². The highest BCUT2D eigenvalue weighted by Gasteiger charge is 2.30. The molecule has 2 rings (SSSR count). The van der Waals surface area contributed by atoms with Gasteiger partial charge >= 0.3 is 0 Å². The zero-order valence-corrected chi connectivity index (χ0v) is 11.7. The molecular weight excluding hydrogens is 338 g/mol. The highest BCUT2D eigenvalue weighted by Crippen LogP contribution is 2.22. The van der Waals surface area contributed by atoms with E-state index in [9.17, 15) is 4.39 Å². The molecule has 17 heavy (non-hydrogen) atoms. The molecule has 0 bridgehead atoms. The van der Waals surface area contributed by atoms with Crippen molar-refractivity contribution in [3.63, 3.8) is 0 Å². The summed E-state index contributed by atoms with van der Waals surface area (Å²) in [7, 11) is 0. The maximum absolute atomic E-state index is 12.6. The Hall–Kier alpha value is -0.540. The number of nitrogens with zero attached hydrogens (tertiary/aromatic N) is 3. The number of piperidine rings is 1. The molecule has 7 heteroatoms. The van der Waals surface area contributed by atoms with E-state index in [4.69, 9.17) is 10.8 Å². The first kappa shape index (κ1) is 14.5. The molecule has 2 heterocycles. The lowest BCUT2D eigenvalue weighted by Gasteiger charge is -2.38. The quantitative estimate of drug-likeness (QED) is 0.758. The fourth-order valence-electron chi connectivity index (χ4n) is 1.81. The first-order chi connectivity index (χ1) is 7.63. The van der Waals surface area contributed by atoms with Crippen molar-refractivity contribution >= 4 is 29.8 Å². The minimum atomic E-state index is -0.579. The molecule has 1 aliphatic heterocycles. The molecule has 0 radical (unpaired) electrons. The lowest BCUT2D eigenvalue weighted by atomic mass is 9.90. The van der Waals surface area contributed by atoms with E-state index in [2.05, 4.69) is 9.97 Å². The van der Waals surface area contributed by atoms with Gasteiger partial charge in [0.05, 0.1) is 19.0 Å². The molecule has 96 valence electrons. The van der Waals surface area contributed by atoms with E-state index in [0.717, 1.165) is 6.20 Å². The van der Waals surface area contributed by atoms with Crippen LogP contribution in [0.15, 0.2) is 12.4 Å². The SMILES string of the molecule is I.NC1(CO)CCN(c2cnc(F)cn2)CC1. The second-order valence-corrected chi connectivity index (χ2v) is 4.20. The fourth-order valence-corrected chi connectivity index (χ4v) is 1.81. The van der Waals surface area contributed by atoms with Crippen LogP contribution in [0, 0.1) is 5.95 Å². The molecule has 1 saturated heterocycles. The Labute approximate surface area is 116 Å². The second kappa shape index (κ2) is 5.87. The van der Waals surface area contributed by atoms with E-state index in [1.54, 1.807) is 0 Å². The second-order valence-electron chi connectivity index (χ2n) is 4.20. The highest BCUT2D eigenvalue weighted by molar-refractivity contribution is 14.0. The Morgan fingerprint density at radius 2 is 2.00 bits per heavy atom. The number of hydrogen-bond donors (Lipinski definition) is 2. The number of nitrogens with two attached hydrogens (primary N) is 1. The van der Waals surface area contributed by atoms with Gasteiger partial charge in [-0.1, -0.05) is 0 Å². The lowest BCUT2D eigenvalue weighted by Crippen LogP contribution is -2.53. The average Bonchev–Trinajstić information content (AvgIpc) is 2.32. The van der Waals surface area contributed by atoms with Crippen molar-refractivity contribution in [2.45, 2.75) is 18.4 Å². The summed E-state index contributed by atoms with van der Waals surface area (Å²) in [5.41, 5.74) is 5.47. The predicted octanol–water partition coefficient (Wildman–Crippen LogP) is 0.524. The molecule has 1 aromatic rings. The molecule has 1 aliphatic rings. The standard InChI is InChI=1S/C10H15FN4O.HI/c11-8-5-14-9(6-13-8)15-3-1-10(12,7-16)2-4-15;/h5-6,16H,1-4,7,12H2;1H. The predicted molar refractivity (Wildman–Crippen MR) is 72.9 cm³/mol. The summed E-state index contributed by atoms with van der Waals surface area (Å²) in [6, 6.07) is 0. The first-order valence-corrected chi connectivity index (χ1v) is 5.25. The van der Waals surface area contributed by atoms with Gasteiger partial charge in [-0.15, -0.1) is 24.0 Å². The maximum Gasteiger partial charge on any atom is 0.231 e. The third kappa shape index (κ3) is 3.46. The van der Waals surface area contributed by atoms with E-state index in [-0.39, 0.29) is 30.6 Å². The van der Waals surface area contributed by atoms with Gasteiger partial charge in [-0.3, -0.25) is 0 Å². The number of aromatic nitrogens is 2. The molecule has 0 spiro atoms. The van der Waals surface area contributed by atoms with Crippen LogP contribution in [-0.4, -0.2) is 40.3 Å². The molecular formula is C10H16FIN4O. The summed E-state index contributed by atoms with van der Waals surface area (Å²) in [5.74, 6) is 0.0747. The normalized spacial score (nSPS) is 18.6. The Bertz CT molecular complexity index is 354. The van der Waals surface area contributed by atoms with Gasteiger partial charge in [0.15, 0.2) is 0 Å². The Kier molecular flexibility index (Phi) is 5.02. The van der Waals surface area contributed by atoms with Crippen LogP contribution < -0.4 is 10.6 Å². The number of aliphatic hydroxyl groups is 1. The lowest BCUT2D eigenvalue weighted by molar-refractivity contribution is 0.170. The molecule has 0 aromatic carbocycles. The van der Waals surface area contributed by atoms with Gasteiger partial charge in [0, 0.05) is 18.6 Å². The van der Waals surface area contributed by atoms with Crippen LogP contribution in [-0.2, 0) is 0 Å². The van der Waals surface area contributed by atoms with E-state index < -0.39 is 11.5 Å². The molecule has 5 nitrogen and oxygen atoms in total. The Morgan fingerprint density at radius 3 is 2.47 bits per heavy atom. The monoisotopic (exact) mass is 354 g/mol. The molecule has 0 unspecified atom stereocenters. The average molecular weight is 354 g/mol. The number of halogens is 2. The van der Waals surface area contributed by atoms with Crippen LogP contribution >= 0.6 is 24.0 Å². The Morgan fingerprint density at radius 1 is 1.35 bits per heavy atom. The number of rotatable bonds is 2. The molecule has 1 fully saturated rings. The highest BCUT2D eigenvalue weighted by atomic mass is 127. The van der Waals surface area contributed by atoms with E-state index in [0.29, 0.717) is 31.7 Å². The summed E-state index contributed by atoms with van der Waals surface area (Å²) in [6.45, 7) is 1.41. The molecule has 0 saturated carbocycles. The van der Waals surface area contributed by atoms with Crippen molar-refractivity contribution in [2.75, 3.05) is 24.6 Å². The van der Waals surface area contributed by atoms with Crippen molar-refractivity contribution in [3.8, 4) is 0 Å². The van der Waals surface area contributed by atoms with Gasteiger partial charge in [0.1, 0.15) is 5.82 Å². The number of aliphatic hydroxyl groups excluding tert-OH is 1. The van der Waals surface area contributed by atoms with Crippen molar-refractivity contribution in [1.82, 2.24) is 9.97 Å². The van der Waals surface area contributed by atoms with Gasteiger partial charge in [-0.25, -0.2) is 9.97 Å². The van der Waals surface area contributed by atoms with E-state index in [1.807, 2.05) is 4.90 Å². The van der Waals surface area contributed by atoms with Crippen molar-refractivity contribution in [2.24, 2.45) is 5.73 Å². The molecule has 1 aromatic heterocycles. The Balaban J connectivity index is 0.00000144. The van der Waals surface area contributed by atoms with Crippen molar-refractivity contribution < 1.29 is 9.50 Å². The first-order valence-electron chi connectivity index (χ1n) is 5.25. The van der Waals surface area contributed by atoms with Crippen LogP contribution in [0.4, 0.5) is 10.2 Å². The summed E-state index contributed by atoms with van der Waals surface area (Å²) < 4.78 is 12.6. The smallest absolute Gasteiger partial charge is 0.231 e.